The predicted molar refractivity (Wildman–Crippen MR) is 76.5 cm³/mol. The van der Waals surface area contributed by atoms with Crippen molar-refractivity contribution in [2.75, 3.05) is 19.8 Å². The lowest BCUT2D eigenvalue weighted by Crippen LogP contribution is -2.59. The van der Waals surface area contributed by atoms with Gasteiger partial charge in [-0.05, 0) is 32.6 Å². The van der Waals surface area contributed by atoms with Crippen LogP contribution in [-0.2, 0) is 19.0 Å². The number of ether oxygens (including phenoxy) is 3. The van der Waals surface area contributed by atoms with Gasteiger partial charge in [0, 0.05) is 31.7 Å². The molecule has 0 radical (unpaired) electrons. The van der Waals surface area contributed by atoms with Gasteiger partial charge in [-0.25, -0.2) is 0 Å². The van der Waals surface area contributed by atoms with Crippen molar-refractivity contribution in [1.29, 1.82) is 0 Å². The van der Waals surface area contributed by atoms with Crippen LogP contribution in [0.2, 0.25) is 0 Å². The summed E-state index contributed by atoms with van der Waals surface area (Å²) in [5.41, 5.74) is 0.0246. The van der Waals surface area contributed by atoms with Crippen molar-refractivity contribution in [2.24, 2.45) is 11.3 Å². The smallest absolute Gasteiger partial charge is 0.309 e. The van der Waals surface area contributed by atoms with Gasteiger partial charge in [0.1, 0.15) is 6.10 Å². The Hall–Kier alpha value is -0.610. The highest BCUT2D eigenvalue weighted by atomic mass is 16.6. The van der Waals surface area contributed by atoms with Crippen LogP contribution in [0.5, 0.6) is 0 Å². The van der Waals surface area contributed by atoms with E-state index in [1.165, 1.54) is 0 Å². The molecule has 2 fully saturated rings. The predicted octanol–water partition coefficient (Wildman–Crippen LogP) is 2.94. The summed E-state index contributed by atoms with van der Waals surface area (Å²) in [5, 5.41) is 0. The van der Waals surface area contributed by atoms with Crippen LogP contribution in [0.15, 0.2) is 0 Å². The molecular formula is C16H28O4. The van der Waals surface area contributed by atoms with Gasteiger partial charge < -0.3 is 14.2 Å². The first kappa shape index (κ1) is 15.8. The van der Waals surface area contributed by atoms with E-state index in [-0.39, 0.29) is 29.5 Å². The molecule has 2 rings (SSSR count). The lowest BCUT2D eigenvalue weighted by atomic mass is 9.60. The van der Waals surface area contributed by atoms with Crippen molar-refractivity contribution in [3.05, 3.63) is 0 Å². The molecule has 0 unspecified atom stereocenters. The minimum absolute atomic E-state index is 0.0246. The fraction of sp³-hybridized carbons (Fsp3) is 0.938. The molecule has 1 aliphatic heterocycles. The zero-order valence-electron chi connectivity index (χ0n) is 13.0. The second-order valence-corrected chi connectivity index (χ2v) is 5.93. The summed E-state index contributed by atoms with van der Waals surface area (Å²) in [5.74, 6) is 0.000768. The number of hydrogen-bond donors (Lipinski definition) is 0. The van der Waals surface area contributed by atoms with Gasteiger partial charge in [-0.2, -0.15) is 0 Å². The minimum Gasteiger partial charge on any atom is -0.461 e. The third kappa shape index (κ3) is 2.86. The molecule has 4 heteroatoms. The largest absolute Gasteiger partial charge is 0.461 e. The summed E-state index contributed by atoms with van der Waals surface area (Å²) >= 11 is 0. The standard InChI is InChI=1S/C16H28O4/c1-4-16(5-2)13(19-6-3)11-14(16)20-15(17)12-7-9-18-10-8-12/h12-14H,4-11H2,1-3H3/t13-,14+/m0/s1. The summed E-state index contributed by atoms with van der Waals surface area (Å²) in [6, 6.07) is 0. The maximum atomic E-state index is 12.3. The molecule has 1 saturated heterocycles. The van der Waals surface area contributed by atoms with Crippen molar-refractivity contribution in [3.8, 4) is 0 Å². The molecule has 4 nitrogen and oxygen atoms in total. The first-order valence-corrected chi connectivity index (χ1v) is 8.07. The third-order valence-corrected chi connectivity index (χ3v) is 5.21. The van der Waals surface area contributed by atoms with E-state index in [0.717, 1.165) is 38.7 Å². The quantitative estimate of drug-likeness (QED) is 0.703. The lowest BCUT2D eigenvalue weighted by Gasteiger charge is -2.54. The van der Waals surface area contributed by atoms with E-state index in [9.17, 15) is 4.79 Å². The molecule has 20 heavy (non-hydrogen) atoms. The Labute approximate surface area is 122 Å². The Morgan fingerprint density at radius 1 is 1.15 bits per heavy atom. The van der Waals surface area contributed by atoms with Crippen molar-refractivity contribution in [1.82, 2.24) is 0 Å². The highest BCUT2D eigenvalue weighted by Crippen LogP contribution is 2.50. The highest BCUT2D eigenvalue weighted by molar-refractivity contribution is 5.72. The van der Waals surface area contributed by atoms with Gasteiger partial charge in [-0.1, -0.05) is 13.8 Å². The van der Waals surface area contributed by atoms with Crippen LogP contribution in [0.4, 0.5) is 0 Å². The number of esters is 1. The minimum atomic E-state index is -0.0282. The number of carbonyl (C=O) groups is 1. The van der Waals surface area contributed by atoms with Gasteiger partial charge in [0.05, 0.1) is 12.0 Å². The fourth-order valence-corrected chi connectivity index (χ4v) is 3.64. The maximum absolute atomic E-state index is 12.3. The van der Waals surface area contributed by atoms with Gasteiger partial charge in [0.15, 0.2) is 0 Å². The molecule has 0 amide bonds. The molecule has 0 aromatic heterocycles. The van der Waals surface area contributed by atoms with Gasteiger partial charge in [-0.15, -0.1) is 0 Å². The fourth-order valence-electron chi connectivity index (χ4n) is 3.64. The summed E-state index contributed by atoms with van der Waals surface area (Å²) in [6.07, 6.45) is 4.72. The number of hydrogen-bond acceptors (Lipinski definition) is 4. The van der Waals surface area contributed by atoms with Crippen LogP contribution >= 0.6 is 0 Å². The maximum Gasteiger partial charge on any atom is 0.309 e. The Morgan fingerprint density at radius 3 is 2.35 bits per heavy atom. The monoisotopic (exact) mass is 284 g/mol. The Morgan fingerprint density at radius 2 is 1.80 bits per heavy atom. The van der Waals surface area contributed by atoms with E-state index in [4.69, 9.17) is 14.2 Å². The van der Waals surface area contributed by atoms with Crippen LogP contribution in [-0.4, -0.2) is 38.0 Å². The average molecular weight is 284 g/mol. The van der Waals surface area contributed by atoms with E-state index in [2.05, 4.69) is 13.8 Å². The van der Waals surface area contributed by atoms with E-state index in [1.54, 1.807) is 0 Å². The molecule has 0 bridgehead atoms. The zero-order chi connectivity index (χ0) is 14.6. The van der Waals surface area contributed by atoms with Crippen LogP contribution in [0.1, 0.15) is 52.9 Å². The van der Waals surface area contributed by atoms with Crippen molar-refractivity contribution in [2.45, 2.75) is 65.1 Å². The molecule has 0 N–H and O–H groups in total. The lowest BCUT2D eigenvalue weighted by molar-refractivity contribution is -0.219. The normalized spacial score (nSPS) is 29.8. The highest BCUT2D eigenvalue weighted by Gasteiger charge is 2.55. The molecule has 1 aliphatic carbocycles. The van der Waals surface area contributed by atoms with Crippen LogP contribution < -0.4 is 0 Å². The molecule has 1 heterocycles. The van der Waals surface area contributed by atoms with Gasteiger partial charge >= 0.3 is 5.97 Å². The van der Waals surface area contributed by atoms with E-state index < -0.39 is 0 Å². The van der Waals surface area contributed by atoms with Crippen LogP contribution in [0.25, 0.3) is 0 Å². The molecule has 0 aromatic rings. The first-order chi connectivity index (χ1) is 9.67. The topological polar surface area (TPSA) is 44.8 Å². The molecule has 0 spiro atoms. The summed E-state index contributed by atoms with van der Waals surface area (Å²) in [6.45, 7) is 8.45. The van der Waals surface area contributed by atoms with E-state index in [0.29, 0.717) is 13.2 Å². The molecule has 1 saturated carbocycles. The molecular weight excluding hydrogens is 256 g/mol. The van der Waals surface area contributed by atoms with Crippen LogP contribution in [0.3, 0.4) is 0 Å². The van der Waals surface area contributed by atoms with Crippen LogP contribution in [0, 0.1) is 11.3 Å². The second kappa shape index (κ2) is 6.90. The Balaban J connectivity index is 1.93. The summed E-state index contributed by atoms with van der Waals surface area (Å²) in [4.78, 5) is 12.3. The second-order valence-electron chi connectivity index (χ2n) is 5.93. The third-order valence-electron chi connectivity index (χ3n) is 5.21. The SMILES string of the molecule is CCO[C@H]1C[C@@H](OC(=O)C2CCOCC2)C1(CC)CC. The Kier molecular flexibility index (Phi) is 5.44. The van der Waals surface area contributed by atoms with Gasteiger partial charge in [-0.3, -0.25) is 4.79 Å². The first-order valence-electron chi connectivity index (χ1n) is 8.07. The summed E-state index contributed by atoms with van der Waals surface area (Å²) < 4.78 is 16.9. The van der Waals surface area contributed by atoms with E-state index >= 15 is 0 Å². The summed E-state index contributed by atoms with van der Waals surface area (Å²) in [7, 11) is 0. The zero-order valence-corrected chi connectivity index (χ0v) is 13.0. The number of carbonyl (C=O) groups excluding carboxylic acids is 1. The van der Waals surface area contributed by atoms with E-state index in [1.807, 2.05) is 6.92 Å². The van der Waals surface area contributed by atoms with Crippen molar-refractivity contribution in [3.63, 3.8) is 0 Å². The average Bonchev–Trinajstić information content (AvgIpc) is 2.48. The van der Waals surface area contributed by atoms with Crippen molar-refractivity contribution < 1.29 is 19.0 Å². The van der Waals surface area contributed by atoms with Gasteiger partial charge in [0.25, 0.3) is 0 Å². The number of rotatable bonds is 6. The molecule has 0 aromatic carbocycles. The molecule has 116 valence electrons. The molecule has 2 aliphatic rings. The van der Waals surface area contributed by atoms with Gasteiger partial charge in [0.2, 0.25) is 0 Å². The van der Waals surface area contributed by atoms with Crippen molar-refractivity contribution >= 4 is 5.97 Å². The Bertz CT molecular complexity index is 318. The molecule has 2 atom stereocenters.